The number of anilines is 1. The molecule has 0 atom stereocenters. The van der Waals surface area contributed by atoms with E-state index in [2.05, 4.69) is 27.8 Å². The monoisotopic (exact) mass is 350 g/mol. The van der Waals surface area contributed by atoms with Gasteiger partial charge in [0.1, 0.15) is 5.69 Å². The minimum atomic E-state index is -0.152. The average molecular weight is 350 g/mol. The molecular formula is C20H22N4O2. The molecule has 2 heterocycles. The van der Waals surface area contributed by atoms with Crippen molar-refractivity contribution in [3.63, 3.8) is 0 Å². The number of rotatable bonds is 5. The summed E-state index contributed by atoms with van der Waals surface area (Å²) in [6, 6.07) is 13.8. The van der Waals surface area contributed by atoms with Crippen LogP contribution in [-0.2, 0) is 11.2 Å². The molecule has 1 aromatic heterocycles. The Hall–Kier alpha value is -2.89. The summed E-state index contributed by atoms with van der Waals surface area (Å²) in [5.41, 5.74) is 2.33. The van der Waals surface area contributed by atoms with Gasteiger partial charge in [0.05, 0.1) is 6.54 Å². The van der Waals surface area contributed by atoms with E-state index in [1.165, 1.54) is 5.56 Å². The summed E-state index contributed by atoms with van der Waals surface area (Å²) in [7, 11) is 0. The van der Waals surface area contributed by atoms with Crippen LogP contribution < -0.4 is 15.5 Å². The first kappa shape index (κ1) is 16.6. The molecular weight excluding hydrogens is 328 g/mol. The van der Waals surface area contributed by atoms with Crippen LogP contribution in [0.1, 0.15) is 28.9 Å². The van der Waals surface area contributed by atoms with Crippen LogP contribution in [0.3, 0.4) is 0 Å². The molecule has 4 rings (SSSR count). The van der Waals surface area contributed by atoms with E-state index in [-0.39, 0.29) is 17.4 Å². The highest BCUT2D eigenvalue weighted by atomic mass is 16.2. The van der Waals surface area contributed by atoms with Crippen LogP contribution in [0.25, 0.3) is 0 Å². The maximum absolute atomic E-state index is 12.7. The van der Waals surface area contributed by atoms with Gasteiger partial charge in [-0.15, -0.1) is 0 Å². The Morgan fingerprint density at radius 3 is 2.77 bits per heavy atom. The number of nitrogens with one attached hydrogen (secondary N) is 2. The number of hydrogen-bond donors (Lipinski definition) is 2. The number of nitrogens with zero attached hydrogens (tertiary/aromatic N) is 2. The van der Waals surface area contributed by atoms with Gasteiger partial charge in [-0.2, -0.15) is 0 Å². The topological polar surface area (TPSA) is 74.3 Å². The minimum absolute atomic E-state index is 0.00106. The standard InChI is InChI=1S/C20H22N4O2/c25-18-14-24(11-10-22-18)16-6-9-21-17(12-16)19(26)23-20(7-8-20)13-15-4-2-1-3-5-15/h1-6,9,12H,7-8,10-11,13-14H2,(H,22,25)(H,23,26). The van der Waals surface area contributed by atoms with Gasteiger partial charge < -0.3 is 15.5 Å². The fraction of sp³-hybridized carbons (Fsp3) is 0.350. The zero-order valence-corrected chi connectivity index (χ0v) is 14.6. The quantitative estimate of drug-likeness (QED) is 0.857. The van der Waals surface area contributed by atoms with Crippen LogP contribution in [0.4, 0.5) is 5.69 Å². The summed E-state index contributed by atoms with van der Waals surface area (Å²) in [6.07, 6.45) is 4.44. The van der Waals surface area contributed by atoms with Gasteiger partial charge in [-0.05, 0) is 37.0 Å². The molecule has 2 N–H and O–H groups in total. The third-order valence-corrected chi connectivity index (χ3v) is 5.00. The van der Waals surface area contributed by atoms with Gasteiger partial charge in [-0.1, -0.05) is 30.3 Å². The van der Waals surface area contributed by atoms with E-state index in [9.17, 15) is 9.59 Å². The number of benzene rings is 1. The largest absolute Gasteiger partial charge is 0.360 e. The summed E-state index contributed by atoms with van der Waals surface area (Å²) in [5.74, 6) is -0.152. The molecule has 2 amide bonds. The zero-order valence-electron chi connectivity index (χ0n) is 14.6. The summed E-state index contributed by atoms with van der Waals surface area (Å²) in [4.78, 5) is 30.5. The lowest BCUT2D eigenvalue weighted by Gasteiger charge is -2.28. The van der Waals surface area contributed by atoms with Crippen molar-refractivity contribution in [2.45, 2.75) is 24.8 Å². The predicted molar refractivity (Wildman–Crippen MR) is 99.0 cm³/mol. The van der Waals surface area contributed by atoms with E-state index in [4.69, 9.17) is 0 Å². The maximum Gasteiger partial charge on any atom is 0.270 e. The molecule has 1 aromatic carbocycles. The lowest BCUT2D eigenvalue weighted by molar-refractivity contribution is -0.120. The van der Waals surface area contributed by atoms with Gasteiger partial charge in [0.15, 0.2) is 0 Å². The number of hydrogen-bond acceptors (Lipinski definition) is 4. The zero-order chi connectivity index (χ0) is 18.0. The van der Waals surface area contributed by atoms with Crippen molar-refractivity contribution < 1.29 is 9.59 Å². The number of pyridine rings is 1. The van der Waals surface area contributed by atoms with E-state index < -0.39 is 0 Å². The molecule has 26 heavy (non-hydrogen) atoms. The second kappa shape index (κ2) is 6.78. The summed E-state index contributed by atoms with van der Waals surface area (Å²) in [5, 5.41) is 5.98. The first-order valence-corrected chi connectivity index (χ1v) is 8.98. The van der Waals surface area contributed by atoms with Crippen molar-refractivity contribution in [2.75, 3.05) is 24.5 Å². The Morgan fingerprint density at radius 2 is 2.04 bits per heavy atom. The van der Waals surface area contributed by atoms with Crippen molar-refractivity contribution in [1.29, 1.82) is 0 Å². The molecule has 2 aromatic rings. The lowest BCUT2D eigenvalue weighted by Crippen LogP contribution is -2.47. The van der Waals surface area contributed by atoms with Crippen molar-refractivity contribution in [2.24, 2.45) is 0 Å². The summed E-state index contributed by atoms with van der Waals surface area (Å²) >= 11 is 0. The second-order valence-electron chi connectivity index (χ2n) is 7.07. The van der Waals surface area contributed by atoms with E-state index in [1.54, 1.807) is 12.3 Å². The molecule has 1 saturated carbocycles. The molecule has 0 radical (unpaired) electrons. The molecule has 134 valence electrons. The van der Waals surface area contributed by atoms with E-state index in [0.29, 0.717) is 18.8 Å². The van der Waals surface area contributed by atoms with E-state index in [1.807, 2.05) is 29.2 Å². The van der Waals surface area contributed by atoms with Crippen LogP contribution in [0.15, 0.2) is 48.7 Å². The smallest absolute Gasteiger partial charge is 0.270 e. The van der Waals surface area contributed by atoms with Crippen LogP contribution >= 0.6 is 0 Å². The lowest BCUT2D eigenvalue weighted by atomic mass is 10.0. The molecule has 1 aliphatic heterocycles. The van der Waals surface area contributed by atoms with Gasteiger partial charge in [0.2, 0.25) is 5.91 Å². The van der Waals surface area contributed by atoms with Crippen molar-refractivity contribution in [3.05, 3.63) is 59.9 Å². The Balaban J connectivity index is 1.45. The Labute approximate surface area is 152 Å². The van der Waals surface area contributed by atoms with E-state index >= 15 is 0 Å². The van der Waals surface area contributed by atoms with Gasteiger partial charge in [0.25, 0.3) is 5.91 Å². The fourth-order valence-electron chi connectivity index (χ4n) is 3.39. The first-order valence-electron chi connectivity index (χ1n) is 8.98. The van der Waals surface area contributed by atoms with Crippen molar-refractivity contribution in [1.82, 2.24) is 15.6 Å². The number of aromatic nitrogens is 1. The molecule has 1 aliphatic carbocycles. The molecule has 0 spiro atoms. The molecule has 0 unspecified atom stereocenters. The summed E-state index contributed by atoms with van der Waals surface area (Å²) in [6.45, 7) is 1.65. The highest BCUT2D eigenvalue weighted by Crippen LogP contribution is 2.38. The Bertz CT molecular complexity index is 818. The first-order chi connectivity index (χ1) is 12.6. The number of amides is 2. The highest BCUT2D eigenvalue weighted by Gasteiger charge is 2.44. The number of carbonyl (C=O) groups excluding carboxylic acids is 2. The molecule has 2 fully saturated rings. The second-order valence-corrected chi connectivity index (χ2v) is 7.07. The minimum Gasteiger partial charge on any atom is -0.360 e. The SMILES string of the molecule is O=C1CN(c2ccnc(C(=O)NC3(Cc4ccccc4)CC3)c2)CCN1. The maximum atomic E-state index is 12.7. The van der Waals surface area contributed by atoms with Crippen LogP contribution in [-0.4, -0.2) is 42.0 Å². The van der Waals surface area contributed by atoms with Crippen LogP contribution in [0.5, 0.6) is 0 Å². The Morgan fingerprint density at radius 1 is 1.23 bits per heavy atom. The van der Waals surface area contributed by atoms with Gasteiger partial charge in [0, 0.05) is 30.5 Å². The predicted octanol–water partition coefficient (Wildman–Crippen LogP) is 1.52. The number of carbonyl (C=O) groups is 2. The molecule has 0 bridgehead atoms. The van der Waals surface area contributed by atoms with Crippen LogP contribution in [0, 0.1) is 0 Å². The molecule has 6 nitrogen and oxygen atoms in total. The van der Waals surface area contributed by atoms with Gasteiger partial charge in [-0.25, -0.2) is 0 Å². The van der Waals surface area contributed by atoms with Crippen LogP contribution in [0.2, 0.25) is 0 Å². The third-order valence-electron chi connectivity index (χ3n) is 5.00. The number of piperazine rings is 1. The van der Waals surface area contributed by atoms with E-state index in [0.717, 1.165) is 31.5 Å². The molecule has 6 heteroatoms. The summed E-state index contributed by atoms with van der Waals surface area (Å²) < 4.78 is 0. The van der Waals surface area contributed by atoms with Gasteiger partial charge >= 0.3 is 0 Å². The van der Waals surface area contributed by atoms with Gasteiger partial charge in [-0.3, -0.25) is 14.6 Å². The Kier molecular flexibility index (Phi) is 4.32. The normalized spacial score (nSPS) is 18.2. The van der Waals surface area contributed by atoms with Crippen molar-refractivity contribution in [3.8, 4) is 0 Å². The molecule has 1 saturated heterocycles. The average Bonchev–Trinajstić information content (AvgIpc) is 3.41. The third kappa shape index (κ3) is 3.69. The highest BCUT2D eigenvalue weighted by molar-refractivity contribution is 5.94. The fourth-order valence-corrected chi connectivity index (χ4v) is 3.39. The van der Waals surface area contributed by atoms with Crippen molar-refractivity contribution >= 4 is 17.5 Å². The molecule has 2 aliphatic rings.